The zero-order valence-corrected chi connectivity index (χ0v) is 34.2. The second-order valence-electron chi connectivity index (χ2n) is 11.3. The summed E-state index contributed by atoms with van der Waals surface area (Å²) in [5.41, 5.74) is 21.2. The Labute approximate surface area is 335 Å². The van der Waals surface area contributed by atoms with E-state index in [1.807, 2.05) is 81.2 Å². The minimum Gasteiger partial charge on any atom is -0.468 e. The standard InChI is InChI=1S/C13H20N4O.C11H17NO4.C9H13N3O.C4H9N.C2H6.C2H4/c14-9-11-1-3-12(4-2-11)10-16-13(18)17-7-5-15-6-8-17;13-11-15-9-7-5-3-1-2-4-6-8-10-16-12-14;10-5-7-1-3-8(4-2-7)6-12-9(11)13;1-4(2)5-3;2*1-2/h1-4,15H,5-10,14H2,(H,16,18);11H,3-10H2;1-4H,5-6,10H2,(H3,11,12,13);5H,1H2,2-3H3;1-2H3;1-2H2. The van der Waals surface area contributed by atoms with Crippen LogP contribution in [0, 0.1) is 16.7 Å². The highest BCUT2D eigenvalue weighted by Crippen LogP contribution is 2.05. The number of nitrogens with one attached hydrogen (secondary N) is 4. The van der Waals surface area contributed by atoms with Crippen LogP contribution in [0.1, 0.15) is 81.5 Å². The molecule has 1 heterocycles. The number of nitrogens with zero attached hydrogens (tertiary/aromatic N) is 2. The summed E-state index contributed by atoms with van der Waals surface area (Å²) in [6, 6.07) is 15.2. The molecule has 3 rings (SSSR count). The summed E-state index contributed by atoms with van der Waals surface area (Å²) in [6.45, 7) is 22.2. The molecule has 1 saturated heterocycles. The van der Waals surface area contributed by atoms with Crippen molar-refractivity contribution in [2.24, 2.45) is 22.5 Å². The lowest BCUT2D eigenvalue weighted by molar-refractivity contribution is -0.128. The summed E-state index contributed by atoms with van der Waals surface area (Å²) < 4.78 is 4.54. The number of allylic oxidation sites excluding steroid dienone is 1. The molecular weight excluding hydrogens is 715 g/mol. The fraction of sp³-hybridized carbons (Fsp3) is 0.488. The van der Waals surface area contributed by atoms with Gasteiger partial charge in [-0.25, -0.2) is 9.59 Å². The highest BCUT2D eigenvalue weighted by Gasteiger charge is 2.15. The average Bonchev–Trinajstić information content (AvgIpc) is 3.25. The monoisotopic (exact) mass is 784 g/mol. The SMILES string of the molecule is C=C.C=C(C)NC.CC.NCc1ccc(CNC(=O)N2CCNCC2)cc1.NCc1ccc(CNC(N)=O)cc1.O=COCCCCC#CCCCCON=O. The molecule has 56 heavy (non-hydrogen) atoms. The molecule has 0 spiro atoms. The zero-order chi connectivity index (χ0) is 42.7. The van der Waals surface area contributed by atoms with Gasteiger partial charge in [-0.3, -0.25) is 4.79 Å². The van der Waals surface area contributed by atoms with Crippen molar-refractivity contribution in [3.05, 3.63) is 101 Å². The predicted molar refractivity (Wildman–Crippen MR) is 227 cm³/mol. The van der Waals surface area contributed by atoms with Crippen molar-refractivity contribution in [1.82, 2.24) is 26.2 Å². The third-order valence-electron chi connectivity index (χ3n) is 7.11. The van der Waals surface area contributed by atoms with Crippen LogP contribution in [0.25, 0.3) is 0 Å². The molecule has 314 valence electrons. The molecule has 1 aliphatic rings. The first-order chi connectivity index (χ1) is 27.2. The maximum atomic E-state index is 11.9. The number of amides is 4. The first kappa shape index (κ1) is 54.9. The summed E-state index contributed by atoms with van der Waals surface area (Å²) in [6.07, 6.45) is 5.15. The van der Waals surface area contributed by atoms with Gasteiger partial charge < -0.3 is 52.9 Å². The van der Waals surface area contributed by atoms with Gasteiger partial charge in [0.2, 0.25) is 0 Å². The first-order valence-corrected chi connectivity index (χ1v) is 18.8. The molecule has 0 saturated carbocycles. The van der Waals surface area contributed by atoms with Gasteiger partial charge >= 0.3 is 12.1 Å². The van der Waals surface area contributed by atoms with Crippen LogP contribution in [-0.2, 0) is 40.5 Å². The van der Waals surface area contributed by atoms with Crippen LogP contribution >= 0.6 is 0 Å². The molecule has 2 aromatic rings. The number of carbonyl (C=O) groups is 3. The molecule has 0 atom stereocenters. The number of nitrogens with two attached hydrogens (primary N) is 3. The Balaban J connectivity index is -0.000000685. The van der Waals surface area contributed by atoms with E-state index in [1.54, 1.807) is 0 Å². The minimum absolute atomic E-state index is 0.0133. The highest BCUT2D eigenvalue weighted by atomic mass is 16.7. The molecule has 0 radical (unpaired) electrons. The van der Waals surface area contributed by atoms with E-state index >= 15 is 0 Å². The van der Waals surface area contributed by atoms with Crippen LogP contribution in [-0.4, -0.2) is 69.9 Å². The molecule has 1 aliphatic heterocycles. The Hall–Kier alpha value is -5.43. The molecule has 0 aromatic heterocycles. The topological polar surface area (TPSA) is 229 Å². The van der Waals surface area contributed by atoms with Crippen LogP contribution in [0.4, 0.5) is 9.59 Å². The number of piperazine rings is 1. The van der Waals surface area contributed by atoms with E-state index in [2.05, 4.69) is 67.8 Å². The molecule has 0 aliphatic carbocycles. The van der Waals surface area contributed by atoms with E-state index in [9.17, 15) is 19.3 Å². The Kier molecular flexibility index (Phi) is 41.5. The number of urea groups is 2. The van der Waals surface area contributed by atoms with E-state index in [0.29, 0.717) is 45.9 Å². The summed E-state index contributed by atoms with van der Waals surface area (Å²) >= 11 is 0. The fourth-order valence-corrected chi connectivity index (χ4v) is 3.97. The van der Waals surface area contributed by atoms with Crippen LogP contribution in [0.3, 0.4) is 0 Å². The molecular formula is C41H69N9O6. The van der Waals surface area contributed by atoms with Gasteiger partial charge in [-0.2, -0.15) is 0 Å². The van der Waals surface area contributed by atoms with Gasteiger partial charge in [0.25, 0.3) is 6.47 Å². The lowest BCUT2D eigenvalue weighted by Crippen LogP contribution is -2.50. The smallest absolute Gasteiger partial charge is 0.317 e. The fourth-order valence-electron chi connectivity index (χ4n) is 3.97. The molecule has 10 N–H and O–H groups in total. The lowest BCUT2D eigenvalue weighted by atomic mass is 10.1. The largest absolute Gasteiger partial charge is 0.468 e. The van der Waals surface area contributed by atoms with Crippen molar-refractivity contribution in [1.29, 1.82) is 0 Å². The minimum atomic E-state index is -0.511. The summed E-state index contributed by atoms with van der Waals surface area (Å²) in [4.78, 5) is 47.7. The normalized spacial score (nSPS) is 10.5. The van der Waals surface area contributed by atoms with E-state index in [4.69, 9.17) is 17.2 Å². The van der Waals surface area contributed by atoms with Gasteiger partial charge in [0.15, 0.2) is 5.34 Å². The Morgan fingerprint density at radius 3 is 1.66 bits per heavy atom. The molecule has 1 fully saturated rings. The van der Waals surface area contributed by atoms with Gasteiger partial charge in [0.1, 0.15) is 6.61 Å². The van der Waals surface area contributed by atoms with E-state index in [-0.39, 0.29) is 6.03 Å². The van der Waals surface area contributed by atoms with Crippen molar-refractivity contribution in [3.8, 4) is 11.8 Å². The number of ether oxygens (including phenoxy) is 1. The lowest BCUT2D eigenvalue weighted by Gasteiger charge is -2.27. The van der Waals surface area contributed by atoms with Crippen molar-refractivity contribution in [3.63, 3.8) is 0 Å². The molecule has 4 amide bonds. The Morgan fingerprint density at radius 1 is 0.839 bits per heavy atom. The van der Waals surface area contributed by atoms with Gasteiger partial charge in [-0.05, 0) is 60.6 Å². The van der Waals surface area contributed by atoms with Crippen LogP contribution in [0.15, 0.2) is 79.3 Å². The second kappa shape index (κ2) is 42.3. The summed E-state index contributed by atoms with van der Waals surface area (Å²) in [7, 11) is 1.85. The second-order valence-corrected chi connectivity index (χ2v) is 11.3. The number of primary amides is 1. The Bertz CT molecular complexity index is 1310. The third-order valence-corrected chi connectivity index (χ3v) is 7.11. The number of carbonyl (C=O) groups excluding carboxylic acids is 3. The molecule has 0 unspecified atom stereocenters. The highest BCUT2D eigenvalue weighted by molar-refractivity contribution is 5.74. The first-order valence-electron chi connectivity index (χ1n) is 18.8. The van der Waals surface area contributed by atoms with Gasteiger partial charge in [-0.15, -0.1) is 29.9 Å². The third kappa shape index (κ3) is 35.6. The van der Waals surface area contributed by atoms with Crippen molar-refractivity contribution in [2.75, 3.05) is 46.4 Å². The van der Waals surface area contributed by atoms with Crippen LogP contribution in [0.5, 0.6) is 0 Å². The van der Waals surface area contributed by atoms with Crippen molar-refractivity contribution >= 4 is 18.5 Å². The number of rotatable bonds is 17. The van der Waals surface area contributed by atoms with Gasteiger partial charge in [0, 0.05) is 72.2 Å². The number of benzene rings is 2. The van der Waals surface area contributed by atoms with E-state index < -0.39 is 6.03 Å². The number of hydrogen-bond donors (Lipinski definition) is 7. The van der Waals surface area contributed by atoms with E-state index in [0.717, 1.165) is 92.7 Å². The van der Waals surface area contributed by atoms with Gasteiger partial charge in [0.05, 0.1) is 6.61 Å². The van der Waals surface area contributed by atoms with Crippen molar-refractivity contribution < 1.29 is 24.0 Å². The quantitative estimate of drug-likeness (QED) is 0.0272. The average molecular weight is 784 g/mol. The predicted octanol–water partition coefficient (Wildman–Crippen LogP) is 5.34. The van der Waals surface area contributed by atoms with Gasteiger partial charge in [-0.1, -0.05) is 69.0 Å². The van der Waals surface area contributed by atoms with Crippen molar-refractivity contribution in [2.45, 2.75) is 85.5 Å². The number of hydrogen-bond acceptors (Lipinski definition) is 11. The van der Waals surface area contributed by atoms with E-state index in [1.165, 1.54) is 0 Å². The van der Waals surface area contributed by atoms with Crippen LogP contribution in [0.2, 0.25) is 0 Å². The number of unbranched alkanes of at least 4 members (excludes halogenated alkanes) is 4. The summed E-state index contributed by atoms with van der Waals surface area (Å²) in [5.74, 6) is 6.06. The molecule has 0 bridgehead atoms. The maximum absolute atomic E-state index is 11.9. The molecule has 15 nitrogen and oxygen atoms in total. The molecule has 15 heteroatoms. The maximum Gasteiger partial charge on any atom is 0.317 e. The summed E-state index contributed by atoms with van der Waals surface area (Å²) in [5, 5.41) is 13.8. The van der Waals surface area contributed by atoms with Crippen LogP contribution < -0.4 is 38.5 Å². The zero-order valence-electron chi connectivity index (χ0n) is 34.2. The Morgan fingerprint density at radius 2 is 1.27 bits per heavy atom. The molecule has 2 aromatic carbocycles.